The molecule has 0 radical (unpaired) electrons. The van der Waals surface area contributed by atoms with E-state index in [0.29, 0.717) is 0 Å². The van der Waals surface area contributed by atoms with E-state index < -0.39 is 0 Å². The molecule has 1 N–H and O–H groups in total. The molecule has 1 aliphatic rings. The molecule has 2 aromatic carbocycles. The maximum atomic E-state index is 11.4. The van der Waals surface area contributed by atoms with Gasteiger partial charge < -0.3 is 0 Å². The first-order chi connectivity index (χ1) is 10.7. The maximum Gasteiger partial charge on any atom is 0.286 e. The van der Waals surface area contributed by atoms with Crippen LogP contribution in [0.15, 0.2) is 42.5 Å². The first-order valence-corrected chi connectivity index (χ1v) is 8.59. The van der Waals surface area contributed by atoms with Crippen LogP contribution in [-0.2, 0) is 11.2 Å². The molecule has 114 valence electrons. The number of aryl methyl sites for hydroxylation is 1. The van der Waals surface area contributed by atoms with Gasteiger partial charge in [0.05, 0.1) is 5.25 Å². The summed E-state index contributed by atoms with van der Waals surface area (Å²) in [5, 5.41) is 4.53. The Bertz CT molecular complexity index is 698. The Labute approximate surface area is 134 Å². The highest BCUT2D eigenvalue weighted by Gasteiger charge is 2.30. The largest absolute Gasteiger partial charge is 0.286 e. The molecule has 1 aliphatic heterocycles. The Morgan fingerprint density at radius 2 is 1.77 bits per heavy atom. The Morgan fingerprint density at radius 1 is 0.955 bits per heavy atom. The zero-order valence-corrected chi connectivity index (χ0v) is 13.2. The van der Waals surface area contributed by atoms with Crippen LogP contribution in [0.25, 0.3) is 10.8 Å². The van der Waals surface area contributed by atoms with E-state index in [-0.39, 0.29) is 16.4 Å². The summed E-state index contributed by atoms with van der Waals surface area (Å²) in [4.78, 5) is 22.5. The van der Waals surface area contributed by atoms with E-state index in [1.165, 1.54) is 16.3 Å². The second-order valence-corrected chi connectivity index (χ2v) is 6.84. The topological polar surface area (TPSA) is 46.2 Å². The number of nitrogens with one attached hydrogen (secondary N) is 1. The van der Waals surface area contributed by atoms with Gasteiger partial charge in [-0.15, -0.1) is 0 Å². The molecule has 2 amide bonds. The molecule has 1 heterocycles. The number of thioether (sulfide) groups is 1. The van der Waals surface area contributed by atoms with Gasteiger partial charge in [-0.3, -0.25) is 14.9 Å². The van der Waals surface area contributed by atoms with Crippen molar-refractivity contribution in [3.63, 3.8) is 0 Å². The molecule has 3 rings (SSSR count). The lowest BCUT2D eigenvalue weighted by molar-refractivity contribution is -0.119. The molecular weight excluding hydrogens is 294 g/mol. The average molecular weight is 313 g/mol. The Balaban J connectivity index is 1.42. The van der Waals surface area contributed by atoms with Gasteiger partial charge in [0.15, 0.2) is 0 Å². The van der Waals surface area contributed by atoms with E-state index >= 15 is 0 Å². The van der Waals surface area contributed by atoms with Crippen molar-refractivity contribution >= 4 is 33.7 Å². The van der Waals surface area contributed by atoms with E-state index in [4.69, 9.17) is 0 Å². The van der Waals surface area contributed by atoms with Crippen LogP contribution in [-0.4, -0.2) is 16.4 Å². The van der Waals surface area contributed by atoms with Crippen molar-refractivity contribution in [1.82, 2.24) is 5.32 Å². The molecule has 4 heteroatoms. The van der Waals surface area contributed by atoms with E-state index in [0.717, 1.165) is 43.9 Å². The van der Waals surface area contributed by atoms with Gasteiger partial charge in [-0.2, -0.15) is 0 Å². The lowest BCUT2D eigenvalue weighted by atomic mass is 10.0. The molecule has 0 saturated carbocycles. The second kappa shape index (κ2) is 6.97. The van der Waals surface area contributed by atoms with Crippen molar-refractivity contribution in [2.45, 2.75) is 37.4 Å². The Hall–Kier alpha value is -1.81. The molecule has 1 atom stereocenters. The van der Waals surface area contributed by atoms with Crippen LogP contribution in [0.5, 0.6) is 0 Å². The third kappa shape index (κ3) is 3.69. The fourth-order valence-electron chi connectivity index (χ4n) is 2.81. The Morgan fingerprint density at radius 3 is 2.55 bits per heavy atom. The predicted octanol–water partition coefficient (Wildman–Crippen LogP) is 4.29. The summed E-state index contributed by atoms with van der Waals surface area (Å²) >= 11 is 1.13. The van der Waals surface area contributed by atoms with Crippen molar-refractivity contribution in [3.8, 4) is 0 Å². The third-order valence-corrected chi connectivity index (χ3v) is 5.06. The van der Waals surface area contributed by atoms with E-state index in [9.17, 15) is 9.59 Å². The molecule has 1 unspecified atom stereocenters. The van der Waals surface area contributed by atoms with E-state index in [1.807, 2.05) is 0 Å². The van der Waals surface area contributed by atoms with Crippen molar-refractivity contribution < 1.29 is 9.59 Å². The number of carbonyl (C=O) groups excluding carboxylic acids is 2. The fourth-order valence-corrected chi connectivity index (χ4v) is 3.68. The van der Waals surface area contributed by atoms with Crippen LogP contribution in [0.2, 0.25) is 0 Å². The predicted molar refractivity (Wildman–Crippen MR) is 91.0 cm³/mol. The first kappa shape index (κ1) is 15.1. The average Bonchev–Trinajstić information content (AvgIpc) is 2.84. The standard InChI is InChI=1S/C18H19NO2S/c20-17-16(22-18(21)19-17)9-3-1-2-6-13-10-11-14-7-4-5-8-15(14)12-13/h4-5,7-8,10-12,16H,1-3,6,9H2,(H,19,20,21). The molecule has 22 heavy (non-hydrogen) atoms. The van der Waals surface area contributed by atoms with Gasteiger partial charge in [-0.1, -0.05) is 67.1 Å². The molecule has 0 aliphatic carbocycles. The molecular formula is C18H19NO2S. The number of amides is 2. The maximum absolute atomic E-state index is 11.4. The van der Waals surface area contributed by atoms with Crippen LogP contribution < -0.4 is 5.32 Å². The zero-order valence-electron chi connectivity index (χ0n) is 12.4. The van der Waals surface area contributed by atoms with E-state index in [2.05, 4.69) is 47.8 Å². The van der Waals surface area contributed by atoms with Crippen molar-refractivity contribution in [3.05, 3.63) is 48.0 Å². The first-order valence-electron chi connectivity index (χ1n) is 7.71. The minimum atomic E-state index is -0.203. The number of rotatable bonds is 6. The molecule has 1 fully saturated rings. The fraction of sp³-hybridized carbons (Fsp3) is 0.333. The molecule has 3 nitrogen and oxygen atoms in total. The highest BCUT2D eigenvalue weighted by molar-refractivity contribution is 8.15. The minimum absolute atomic E-state index is 0.121. The van der Waals surface area contributed by atoms with Crippen molar-refractivity contribution in [1.29, 1.82) is 0 Å². The smallest absolute Gasteiger partial charge is 0.286 e. The van der Waals surface area contributed by atoms with Gasteiger partial charge in [0, 0.05) is 0 Å². The summed E-state index contributed by atoms with van der Waals surface area (Å²) in [5.41, 5.74) is 1.36. The van der Waals surface area contributed by atoms with Crippen LogP contribution in [0.1, 0.15) is 31.2 Å². The monoisotopic (exact) mass is 313 g/mol. The van der Waals surface area contributed by atoms with Gasteiger partial charge >= 0.3 is 0 Å². The zero-order chi connectivity index (χ0) is 15.4. The summed E-state index contributed by atoms with van der Waals surface area (Å²) in [6, 6.07) is 15.0. The van der Waals surface area contributed by atoms with Gasteiger partial charge in [0.1, 0.15) is 0 Å². The SMILES string of the molecule is O=C1NC(=O)C(CCCCCc2ccc3ccccc3c2)S1. The highest BCUT2D eigenvalue weighted by atomic mass is 32.2. The van der Waals surface area contributed by atoms with Gasteiger partial charge in [-0.25, -0.2) is 0 Å². The number of carbonyl (C=O) groups is 2. The number of benzene rings is 2. The number of fused-ring (bicyclic) bond motifs is 1. The Kier molecular flexibility index (Phi) is 4.78. The van der Waals surface area contributed by atoms with E-state index in [1.54, 1.807) is 0 Å². The summed E-state index contributed by atoms with van der Waals surface area (Å²) < 4.78 is 0. The van der Waals surface area contributed by atoms with Crippen LogP contribution in [0.3, 0.4) is 0 Å². The third-order valence-electron chi connectivity index (χ3n) is 4.01. The molecule has 0 aromatic heterocycles. The lowest BCUT2D eigenvalue weighted by Crippen LogP contribution is -2.24. The van der Waals surface area contributed by atoms with Gasteiger partial charge in [-0.05, 0) is 35.6 Å². The summed E-state index contributed by atoms with van der Waals surface area (Å²) in [6.07, 6.45) is 5.05. The number of hydrogen-bond donors (Lipinski definition) is 1. The summed E-state index contributed by atoms with van der Waals surface area (Å²) in [5.74, 6) is -0.121. The molecule has 0 spiro atoms. The number of imide groups is 1. The van der Waals surface area contributed by atoms with Crippen molar-refractivity contribution in [2.24, 2.45) is 0 Å². The number of unbranched alkanes of at least 4 members (excludes halogenated alkanes) is 2. The van der Waals surface area contributed by atoms with Crippen LogP contribution in [0, 0.1) is 0 Å². The second-order valence-electron chi connectivity index (χ2n) is 5.66. The molecule has 0 bridgehead atoms. The minimum Gasteiger partial charge on any atom is -0.286 e. The van der Waals surface area contributed by atoms with Crippen LogP contribution in [0.4, 0.5) is 4.79 Å². The number of hydrogen-bond acceptors (Lipinski definition) is 3. The molecule has 2 aromatic rings. The van der Waals surface area contributed by atoms with Crippen LogP contribution >= 0.6 is 11.8 Å². The molecule has 1 saturated heterocycles. The summed E-state index contributed by atoms with van der Waals surface area (Å²) in [7, 11) is 0. The quantitative estimate of drug-likeness (QED) is 0.809. The normalized spacial score (nSPS) is 17.9. The van der Waals surface area contributed by atoms with Crippen molar-refractivity contribution in [2.75, 3.05) is 0 Å². The highest BCUT2D eigenvalue weighted by Crippen LogP contribution is 2.24. The summed E-state index contributed by atoms with van der Waals surface area (Å²) in [6.45, 7) is 0. The van der Waals surface area contributed by atoms with Gasteiger partial charge in [0.25, 0.3) is 5.24 Å². The van der Waals surface area contributed by atoms with Gasteiger partial charge in [0.2, 0.25) is 5.91 Å². The lowest BCUT2D eigenvalue weighted by Gasteiger charge is -2.06.